The first-order valence-corrected chi connectivity index (χ1v) is 10.1. The molecule has 1 N–H and O–H groups in total. The molecule has 1 amide bonds. The summed E-state index contributed by atoms with van der Waals surface area (Å²) in [5.41, 5.74) is 2.92. The van der Waals surface area contributed by atoms with E-state index in [1.54, 1.807) is 24.3 Å². The summed E-state index contributed by atoms with van der Waals surface area (Å²) in [5.74, 6) is 0.492. The van der Waals surface area contributed by atoms with Crippen LogP contribution in [0.2, 0.25) is 5.02 Å². The number of halogens is 1. The second kappa shape index (κ2) is 10.3. The summed E-state index contributed by atoms with van der Waals surface area (Å²) in [4.78, 5) is 12.1. The van der Waals surface area contributed by atoms with E-state index in [4.69, 9.17) is 20.8 Å². The highest BCUT2D eigenvalue weighted by molar-refractivity contribution is 7.99. The normalized spacial score (nSPS) is 10.8. The van der Waals surface area contributed by atoms with Crippen molar-refractivity contribution in [2.75, 3.05) is 12.4 Å². The minimum absolute atomic E-state index is 0.102. The van der Waals surface area contributed by atoms with Crippen LogP contribution in [0.1, 0.15) is 18.1 Å². The topological polar surface area (TPSA) is 77.2 Å². The Balaban J connectivity index is 1.44. The zero-order valence-corrected chi connectivity index (χ0v) is 16.9. The Morgan fingerprint density at radius 1 is 1.11 bits per heavy atom. The maximum Gasteiger partial charge on any atom is 0.277 e. The Bertz CT molecular complexity index is 898. The van der Waals surface area contributed by atoms with Crippen molar-refractivity contribution in [1.29, 1.82) is 0 Å². The Hall–Kier alpha value is -2.35. The number of aromatic nitrogens is 2. The maximum absolute atomic E-state index is 12.1. The van der Waals surface area contributed by atoms with Gasteiger partial charge in [-0.15, -0.1) is 10.2 Å². The van der Waals surface area contributed by atoms with Gasteiger partial charge in [0.05, 0.1) is 12.4 Å². The first-order valence-electron chi connectivity index (χ1n) is 8.78. The standard InChI is InChI=1S/C20H20ClN3O3S/c1-2-26-12-15-5-3-14(4-6-15)11-22-18(25)13-28-20-24-23-19(27-20)16-7-9-17(21)10-8-16/h3-10H,2,11-13H2,1H3,(H,22,25). The van der Waals surface area contributed by atoms with Gasteiger partial charge in [-0.25, -0.2) is 0 Å². The van der Waals surface area contributed by atoms with E-state index >= 15 is 0 Å². The van der Waals surface area contributed by atoms with Crippen LogP contribution in [0, 0.1) is 0 Å². The van der Waals surface area contributed by atoms with Gasteiger partial charge in [0.1, 0.15) is 0 Å². The highest BCUT2D eigenvalue weighted by Crippen LogP contribution is 2.24. The van der Waals surface area contributed by atoms with E-state index < -0.39 is 0 Å². The lowest BCUT2D eigenvalue weighted by Crippen LogP contribution is -2.24. The van der Waals surface area contributed by atoms with Gasteiger partial charge in [-0.3, -0.25) is 4.79 Å². The Morgan fingerprint density at radius 3 is 2.54 bits per heavy atom. The zero-order chi connectivity index (χ0) is 19.8. The average molecular weight is 418 g/mol. The van der Waals surface area contributed by atoms with Gasteiger partial charge in [-0.1, -0.05) is 47.6 Å². The average Bonchev–Trinajstić information content (AvgIpc) is 3.19. The number of benzene rings is 2. The molecule has 0 spiro atoms. The van der Waals surface area contributed by atoms with Crippen LogP contribution in [0.3, 0.4) is 0 Å². The molecule has 8 heteroatoms. The highest BCUT2D eigenvalue weighted by atomic mass is 35.5. The first kappa shape index (κ1) is 20.4. The number of carbonyl (C=O) groups is 1. The molecule has 0 atom stereocenters. The molecule has 3 aromatic rings. The molecule has 0 bridgehead atoms. The number of carbonyl (C=O) groups excluding carboxylic acids is 1. The number of thioether (sulfide) groups is 1. The van der Waals surface area contributed by atoms with Gasteiger partial charge in [0.25, 0.3) is 5.22 Å². The Morgan fingerprint density at radius 2 is 1.82 bits per heavy atom. The molecule has 0 fully saturated rings. The van der Waals surface area contributed by atoms with E-state index in [-0.39, 0.29) is 11.7 Å². The van der Waals surface area contributed by atoms with E-state index in [1.165, 1.54) is 11.8 Å². The van der Waals surface area contributed by atoms with Gasteiger partial charge >= 0.3 is 0 Å². The molecule has 1 heterocycles. The summed E-state index contributed by atoms with van der Waals surface area (Å²) in [5, 5.41) is 11.8. The third-order valence-electron chi connectivity index (χ3n) is 3.81. The molecule has 0 saturated heterocycles. The van der Waals surface area contributed by atoms with Crippen LogP contribution in [0.4, 0.5) is 0 Å². The predicted molar refractivity (Wildman–Crippen MR) is 109 cm³/mol. The summed E-state index contributed by atoms with van der Waals surface area (Å²) < 4.78 is 10.9. The van der Waals surface area contributed by atoms with E-state index in [9.17, 15) is 4.79 Å². The molecule has 0 aliphatic carbocycles. The molecule has 0 aliphatic heterocycles. The lowest BCUT2D eigenvalue weighted by Gasteiger charge is -2.06. The summed E-state index contributed by atoms with van der Waals surface area (Å²) in [7, 11) is 0. The van der Waals surface area contributed by atoms with E-state index in [2.05, 4.69) is 15.5 Å². The summed E-state index contributed by atoms with van der Waals surface area (Å²) in [6.07, 6.45) is 0. The van der Waals surface area contributed by atoms with Crippen molar-refractivity contribution in [2.24, 2.45) is 0 Å². The summed E-state index contributed by atoms with van der Waals surface area (Å²) >= 11 is 7.07. The van der Waals surface area contributed by atoms with Crippen LogP contribution >= 0.6 is 23.4 Å². The van der Waals surface area contributed by atoms with Crippen molar-refractivity contribution in [1.82, 2.24) is 15.5 Å². The molecule has 0 aliphatic rings. The Labute approximate surface area is 172 Å². The highest BCUT2D eigenvalue weighted by Gasteiger charge is 2.11. The lowest BCUT2D eigenvalue weighted by molar-refractivity contribution is -0.118. The summed E-state index contributed by atoms with van der Waals surface area (Å²) in [6.45, 7) is 3.72. The van der Waals surface area contributed by atoms with Crippen molar-refractivity contribution in [3.63, 3.8) is 0 Å². The van der Waals surface area contributed by atoms with Gasteiger partial charge < -0.3 is 14.5 Å². The first-order chi connectivity index (χ1) is 13.6. The van der Waals surface area contributed by atoms with Crippen molar-refractivity contribution in [3.8, 4) is 11.5 Å². The number of hydrogen-bond donors (Lipinski definition) is 1. The minimum atomic E-state index is -0.102. The van der Waals surface area contributed by atoms with Crippen LogP contribution in [0.15, 0.2) is 58.2 Å². The van der Waals surface area contributed by atoms with Crippen LogP contribution in [0.25, 0.3) is 11.5 Å². The molecule has 1 aromatic heterocycles. The van der Waals surface area contributed by atoms with Crippen LogP contribution in [-0.4, -0.2) is 28.5 Å². The van der Waals surface area contributed by atoms with Gasteiger partial charge in [-0.2, -0.15) is 0 Å². The van der Waals surface area contributed by atoms with E-state index in [0.29, 0.717) is 35.9 Å². The number of amides is 1. The van der Waals surface area contributed by atoms with Crippen LogP contribution in [-0.2, 0) is 22.7 Å². The lowest BCUT2D eigenvalue weighted by atomic mass is 10.1. The molecule has 28 heavy (non-hydrogen) atoms. The SMILES string of the molecule is CCOCc1ccc(CNC(=O)CSc2nnc(-c3ccc(Cl)cc3)o2)cc1. The number of ether oxygens (including phenoxy) is 1. The minimum Gasteiger partial charge on any atom is -0.411 e. The van der Waals surface area contributed by atoms with Crippen LogP contribution in [0.5, 0.6) is 0 Å². The van der Waals surface area contributed by atoms with Crippen molar-refractivity contribution >= 4 is 29.3 Å². The van der Waals surface area contributed by atoms with Crippen molar-refractivity contribution in [3.05, 3.63) is 64.7 Å². The quantitative estimate of drug-likeness (QED) is 0.522. The fraction of sp³-hybridized carbons (Fsp3) is 0.250. The third kappa shape index (κ3) is 6.09. The third-order valence-corrected chi connectivity index (χ3v) is 4.88. The number of rotatable bonds is 9. The number of hydrogen-bond acceptors (Lipinski definition) is 6. The predicted octanol–water partition coefficient (Wildman–Crippen LogP) is 4.34. The fourth-order valence-corrected chi connectivity index (χ4v) is 3.05. The molecule has 0 unspecified atom stereocenters. The Kier molecular flexibility index (Phi) is 7.47. The van der Waals surface area contributed by atoms with Gasteiger partial charge in [0.15, 0.2) is 0 Å². The largest absolute Gasteiger partial charge is 0.411 e. The molecule has 3 rings (SSSR count). The molecular weight excluding hydrogens is 398 g/mol. The van der Waals surface area contributed by atoms with Gasteiger partial charge in [0, 0.05) is 23.7 Å². The van der Waals surface area contributed by atoms with Crippen molar-refractivity contribution in [2.45, 2.75) is 25.3 Å². The number of nitrogens with zero attached hydrogens (tertiary/aromatic N) is 2. The summed E-state index contributed by atoms with van der Waals surface area (Å²) in [6, 6.07) is 15.1. The molecule has 6 nitrogen and oxygen atoms in total. The van der Waals surface area contributed by atoms with Gasteiger partial charge in [0.2, 0.25) is 11.8 Å². The molecule has 0 radical (unpaired) electrons. The maximum atomic E-state index is 12.1. The second-order valence-corrected chi connectivity index (χ2v) is 7.26. The second-order valence-electron chi connectivity index (χ2n) is 5.90. The monoisotopic (exact) mass is 417 g/mol. The smallest absolute Gasteiger partial charge is 0.277 e. The number of nitrogens with one attached hydrogen (secondary N) is 1. The molecular formula is C20H20ClN3O3S. The van der Waals surface area contributed by atoms with Crippen LogP contribution < -0.4 is 5.32 Å². The van der Waals surface area contributed by atoms with Gasteiger partial charge in [-0.05, 0) is 42.3 Å². The molecule has 146 valence electrons. The van der Waals surface area contributed by atoms with E-state index in [1.807, 2.05) is 31.2 Å². The van der Waals surface area contributed by atoms with E-state index in [0.717, 1.165) is 16.7 Å². The molecule has 0 saturated carbocycles. The molecule has 2 aromatic carbocycles. The zero-order valence-electron chi connectivity index (χ0n) is 15.4. The fourth-order valence-electron chi connectivity index (χ4n) is 2.33. The van der Waals surface area contributed by atoms with Crippen molar-refractivity contribution < 1.29 is 13.9 Å².